The Kier molecular flexibility index (Phi) is 14.6. The SMILES string of the molecule is CC(/C=C/CN(C)C(N)=NC(/C=C(\C=C\CNC(N)=O)C1CCCC(C)C1)C(=O)O)CCCC(C)C1C=CCC1. The predicted octanol–water partition coefficient (Wildman–Crippen LogP) is 5.63. The van der Waals surface area contributed by atoms with Crippen LogP contribution in [0.4, 0.5) is 4.79 Å². The maximum atomic E-state index is 12.2. The van der Waals surface area contributed by atoms with Crippen LogP contribution in [0.1, 0.15) is 78.6 Å². The van der Waals surface area contributed by atoms with Crippen LogP contribution in [0, 0.1) is 29.6 Å². The summed E-state index contributed by atoms with van der Waals surface area (Å²) in [5.74, 6) is 1.93. The molecule has 6 atom stereocenters. The molecule has 0 spiro atoms. The number of carbonyl (C=O) groups excluding carboxylic acids is 1. The second-order valence-electron chi connectivity index (χ2n) is 11.9. The number of carboxylic acid groups (broad SMARTS) is 1. The first-order chi connectivity index (χ1) is 19.1. The fraction of sp³-hybridized carbons (Fsp3) is 0.656. The lowest BCUT2D eigenvalue weighted by atomic mass is 9.78. The number of hydrogen-bond acceptors (Lipinski definition) is 3. The summed E-state index contributed by atoms with van der Waals surface area (Å²) in [6, 6.07) is -1.69. The van der Waals surface area contributed by atoms with Crippen molar-refractivity contribution < 1.29 is 14.7 Å². The summed E-state index contributed by atoms with van der Waals surface area (Å²) in [5.41, 5.74) is 12.3. The number of carbonyl (C=O) groups is 2. The zero-order valence-corrected chi connectivity index (χ0v) is 25.1. The number of aliphatic imine (C=N–C) groups is 1. The number of guanidine groups is 1. The molecule has 0 bridgehead atoms. The van der Waals surface area contributed by atoms with Gasteiger partial charge in [0.25, 0.3) is 0 Å². The molecule has 8 heteroatoms. The van der Waals surface area contributed by atoms with E-state index in [0.717, 1.165) is 43.1 Å². The van der Waals surface area contributed by atoms with Crippen LogP contribution in [0.2, 0.25) is 0 Å². The highest BCUT2D eigenvalue weighted by molar-refractivity contribution is 5.84. The molecule has 2 aliphatic rings. The molecule has 0 saturated heterocycles. The Morgan fingerprint density at radius 3 is 2.60 bits per heavy atom. The summed E-state index contributed by atoms with van der Waals surface area (Å²) >= 11 is 0. The van der Waals surface area contributed by atoms with Crippen LogP contribution >= 0.6 is 0 Å². The molecule has 0 radical (unpaired) electrons. The number of nitrogens with zero attached hydrogens (tertiary/aromatic N) is 2. The van der Waals surface area contributed by atoms with E-state index in [1.165, 1.54) is 32.1 Å². The normalized spacial score (nSPS) is 24.4. The van der Waals surface area contributed by atoms with Gasteiger partial charge in [-0.05, 0) is 73.3 Å². The number of urea groups is 1. The van der Waals surface area contributed by atoms with Crippen molar-refractivity contribution in [3.63, 3.8) is 0 Å². The fourth-order valence-electron chi connectivity index (χ4n) is 5.75. The average molecular weight is 556 g/mol. The van der Waals surface area contributed by atoms with Gasteiger partial charge >= 0.3 is 12.0 Å². The second-order valence-corrected chi connectivity index (χ2v) is 11.9. The minimum Gasteiger partial charge on any atom is -0.479 e. The highest BCUT2D eigenvalue weighted by atomic mass is 16.4. The van der Waals surface area contributed by atoms with Crippen molar-refractivity contribution in [2.75, 3.05) is 20.1 Å². The summed E-state index contributed by atoms with van der Waals surface area (Å²) in [6.45, 7) is 7.67. The number of nitrogens with one attached hydrogen (secondary N) is 1. The molecule has 8 nitrogen and oxygen atoms in total. The number of rotatable bonds is 15. The van der Waals surface area contributed by atoms with Gasteiger partial charge in [-0.15, -0.1) is 0 Å². The van der Waals surface area contributed by atoms with E-state index in [1.807, 2.05) is 13.1 Å². The molecular formula is C32H53N5O3. The van der Waals surface area contributed by atoms with Crippen LogP contribution in [0.5, 0.6) is 0 Å². The first kappa shape index (κ1) is 33.2. The molecule has 0 aromatic carbocycles. The number of nitrogens with two attached hydrogens (primary N) is 2. The molecule has 2 amide bonds. The second kappa shape index (κ2) is 17.6. The predicted molar refractivity (Wildman–Crippen MR) is 165 cm³/mol. The highest BCUT2D eigenvalue weighted by Crippen LogP contribution is 2.34. The van der Waals surface area contributed by atoms with E-state index in [-0.39, 0.29) is 18.4 Å². The summed E-state index contributed by atoms with van der Waals surface area (Å²) in [6.07, 6.45) is 24.8. The van der Waals surface area contributed by atoms with Gasteiger partial charge in [0, 0.05) is 20.1 Å². The van der Waals surface area contributed by atoms with Gasteiger partial charge in [0.1, 0.15) is 0 Å². The number of primary amides is 1. The maximum absolute atomic E-state index is 12.2. The summed E-state index contributed by atoms with van der Waals surface area (Å²) < 4.78 is 0. The van der Waals surface area contributed by atoms with E-state index in [1.54, 1.807) is 17.1 Å². The molecule has 0 aliphatic heterocycles. The van der Waals surface area contributed by atoms with Gasteiger partial charge < -0.3 is 26.8 Å². The minimum atomic E-state index is -1.09. The Bertz CT molecular complexity index is 954. The standard InChI is InChI=1S/C32H53N5O3/c1-23(11-7-14-25(3)26-15-5-6-16-26)13-10-20-37(4)31(33)36-29(30(38)39)22-28(18-9-19-35-32(34)40)27-17-8-12-24(2)21-27/h5,9-10,13,15,18,22-27,29H,6-8,11-12,14,16-17,19-21H2,1-4H3,(H2,33,36)(H,38,39)(H3,34,35,40)/b13-10+,18-9+,28-22+. The Morgan fingerprint density at radius 1 is 1.18 bits per heavy atom. The molecule has 2 aliphatic carbocycles. The third-order valence-electron chi connectivity index (χ3n) is 8.32. The van der Waals surface area contributed by atoms with E-state index in [9.17, 15) is 14.7 Å². The maximum Gasteiger partial charge on any atom is 0.332 e. The number of allylic oxidation sites excluding steroid dienone is 5. The van der Waals surface area contributed by atoms with E-state index < -0.39 is 18.0 Å². The van der Waals surface area contributed by atoms with Crippen molar-refractivity contribution in [1.29, 1.82) is 0 Å². The number of hydrogen-bond donors (Lipinski definition) is 4. The molecular weight excluding hydrogens is 502 g/mol. The fourth-order valence-corrected chi connectivity index (χ4v) is 5.75. The first-order valence-electron chi connectivity index (χ1n) is 15.1. The summed E-state index contributed by atoms with van der Waals surface area (Å²) in [7, 11) is 1.83. The quantitative estimate of drug-likeness (QED) is 0.0899. The largest absolute Gasteiger partial charge is 0.479 e. The van der Waals surface area contributed by atoms with E-state index in [2.05, 4.69) is 55.4 Å². The molecule has 0 heterocycles. The Morgan fingerprint density at radius 2 is 1.95 bits per heavy atom. The van der Waals surface area contributed by atoms with Crippen LogP contribution in [-0.4, -0.2) is 54.1 Å². The average Bonchev–Trinajstić information content (AvgIpc) is 3.44. The zero-order chi connectivity index (χ0) is 29.5. The van der Waals surface area contributed by atoms with Crippen LogP contribution in [0.3, 0.4) is 0 Å². The Hall–Kier alpha value is -3.03. The van der Waals surface area contributed by atoms with Crippen molar-refractivity contribution >= 4 is 18.0 Å². The monoisotopic (exact) mass is 555 g/mol. The smallest absolute Gasteiger partial charge is 0.332 e. The van der Waals surface area contributed by atoms with Crippen LogP contribution < -0.4 is 16.8 Å². The lowest BCUT2D eigenvalue weighted by Crippen LogP contribution is -2.36. The lowest BCUT2D eigenvalue weighted by Gasteiger charge is -2.28. The van der Waals surface area contributed by atoms with E-state index in [0.29, 0.717) is 18.4 Å². The zero-order valence-electron chi connectivity index (χ0n) is 25.1. The number of likely N-dealkylation sites (N-methyl/N-ethyl adjacent to an activating group) is 1. The van der Waals surface area contributed by atoms with Crippen molar-refractivity contribution in [2.45, 2.75) is 84.6 Å². The molecule has 2 rings (SSSR count). The van der Waals surface area contributed by atoms with Crippen LogP contribution in [-0.2, 0) is 4.79 Å². The van der Waals surface area contributed by atoms with Gasteiger partial charge in [0.05, 0.1) is 0 Å². The first-order valence-corrected chi connectivity index (χ1v) is 15.1. The van der Waals surface area contributed by atoms with Crippen molar-refractivity contribution in [1.82, 2.24) is 10.2 Å². The molecule has 1 fully saturated rings. The van der Waals surface area contributed by atoms with Crippen molar-refractivity contribution in [2.24, 2.45) is 46.0 Å². The van der Waals surface area contributed by atoms with Gasteiger partial charge in [0.2, 0.25) is 0 Å². The van der Waals surface area contributed by atoms with Crippen molar-refractivity contribution in [3.05, 3.63) is 48.1 Å². The molecule has 0 aromatic rings. The summed E-state index contributed by atoms with van der Waals surface area (Å²) in [5, 5.41) is 12.5. The topological polar surface area (TPSA) is 134 Å². The third kappa shape index (κ3) is 12.4. The van der Waals surface area contributed by atoms with Gasteiger partial charge in [-0.1, -0.05) is 82.9 Å². The highest BCUT2D eigenvalue weighted by Gasteiger charge is 2.24. The van der Waals surface area contributed by atoms with Crippen molar-refractivity contribution in [3.8, 4) is 0 Å². The van der Waals surface area contributed by atoms with Gasteiger partial charge in [0.15, 0.2) is 12.0 Å². The number of amides is 2. The van der Waals surface area contributed by atoms with Gasteiger partial charge in [-0.25, -0.2) is 14.6 Å². The van der Waals surface area contributed by atoms with Crippen LogP contribution in [0.15, 0.2) is 53.1 Å². The molecule has 40 heavy (non-hydrogen) atoms. The lowest BCUT2D eigenvalue weighted by molar-refractivity contribution is -0.137. The Labute approximate surface area is 241 Å². The van der Waals surface area contributed by atoms with Gasteiger partial charge in [-0.2, -0.15) is 0 Å². The molecule has 6 N–H and O–H groups in total. The number of carboxylic acids is 1. The van der Waals surface area contributed by atoms with E-state index in [4.69, 9.17) is 11.5 Å². The molecule has 1 saturated carbocycles. The Balaban J connectivity index is 1.97. The van der Waals surface area contributed by atoms with Gasteiger partial charge in [-0.3, -0.25) is 0 Å². The van der Waals surface area contributed by atoms with E-state index >= 15 is 0 Å². The summed E-state index contributed by atoms with van der Waals surface area (Å²) in [4.78, 5) is 29.3. The third-order valence-corrected chi connectivity index (χ3v) is 8.32. The molecule has 0 aromatic heterocycles. The molecule has 6 unspecified atom stereocenters. The number of aliphatic carboxylic acids is 1. The molecule has 224 valence electrons. The minimum absolute atomic E-state index is 0.190. The van der Waals surface area contributed by atoms with Crippen LogP contribution in [0.25, 0.3) is 0 Å².